The summed E-state index contributed by atoms with van der Waals surface area (Å²) in [7, 11) is 0. The molecule has 0 radical (unpaired) electrons. The van der Waals surface area contributed by atoms with Gasteiger partial charge in [-0.05, 0) is 30.9 Å². The van der Waals surface area contributed by atoms with Gasteiger partial charge in [0.05, 0.1) is 0 Å². The van der Waals surface area contributed by atoms with Crippen LogP contribution in [0.2, 0.25) is 5.28 Å². The van der Waals surface area contributed by atoms with Gasteiger partial charge in [-0.25, -0.2) is 9.97 Å². The third-order valence-electron chi connectivity index (χ3n) is 3.12. The van der Waals surface area contributed by atoms with Gasteiger partial charge in [0, 0.05) is 18.7 Å². The van der Waals surface area contributed by atoms with Crippen LogP contribution < -0.4 is 4.90 Å². The van der Waals surface area contributed by atoms with E-state index < -0.39 is 11.9 Å². The predicted molar refractivity (Wildman–Crippen MR) is 62.7 cm³/mol. The molecule has 100 valence electrons. The molecule has 0 saturated carbocycles. The van der Waals surface area contributed by atoms with Crippen molar-refractivity contribution in [1.82, 2.24) is 9.97 Å². The summed E-state index contributed by atoms with van der Waals surface area (Å²) in [6.45, 7) is 2.72. The average molecular weight is 280 g/mol. The lowest BCUT2D eigenvalue weighted by molar-refractivity contribution is -0.141. The van der Waals surface area contributed by atoms with Crippen molar-refractivity contribution in [2.75, 3.05) is 11.4 Å². The van der Waals surface area contributed by atoms with Crippen LogP contribution in [0.5, 0.6) is 0 Å². The van der Waals surface area contributed by atoms with Crippen molar-refractivity contribution in [3.63, 3.8) is 0 Å². The summed E-state index contributed by atoms with van der Waals surface area (Å²) in [4.78, 5) is 9.02. The third kappa shape index (κ3) is 2.68. The van der Waals surface area contributed by atoms with Gasteiger partial charge in [0.15, 0.2) is 5.69 Å². The zero-order valence-corrected chi connectivity index (χ0v) is 10.6. The van der Waals surface area contributed by atoms with Crippen molar-refractivity contribution >= 4 is 17.4 Å². The first-order valence-electron chi connectivity index (χ1n) is 5.80. The first kappa shape index (κ1) is 13.4. The second kappa shape index (κ2) is 4.91. The first-order valence-corrected chi connectivity index (χ1v) is 6.18. The van der Waals surface area contributed by atoms with E-state index in [2.05, 4.69) is 9.97 Å². The Hall–Kier alpha value is -1.04. The normalized spacial score (nSPS) is 20.5. The van der Waals surface area contributed by atoms with E-state index in [1.165, 1.54) is 0 Å². The Bertz CT molecular complexity index is 436. The van der Waals surface area contributed by atoms with Crippen LogP contribution in [0.3, 0.4) is 0 Å². The number of alkyl halides is 3. The standard InChI is InChI=1S/C11H13ClF3N3/c1-2-7-4-3-5-18(7)9-6-8(11(13,14)15)16-10(12)17-9/h6-7H,2-5H2,1H3. The maximum Gasteiger partial charge on any atom is 0.433 e. The molecule has 0 aliphatic carbocycles. The Labute approximate surface area is 108 Å². The molecule has 1 aliphatic rings. The van der Waals surface area contributed by atoms with Crippen molar-refractivity contribution in [2.24, 2.45) is 0 Å². The molecule has 1 atom stereocenters. The molecule has 0 aromatic carbocycles. The van der Waals surface area contributed by atoms with Crippen LogP contribution >= 0.6 is 11.6 Å². The van der Waals surface area contributed by atoms with Crippen molar-refractivity contribution < 1.29 is 13.2 Å². The van der Waals surface area contributed by atoms with Crippen LogP contribution in [-0.4, -0.2) is 22.6 Å². The van der Waals surface area contributed by atoms with E-state index in [9.17, 15) is 13.2 Å². The van der Waals surface area contributed by atoms with E-state index in [4.69, 9.17) is 11.6 Å². The zero-order valence-electron chi connectivity index (χ0n) is 9.84. The minimum absolute atomic E-state index is 0.233. The monoisotopic (exact) mass is 279 g/mol. The molecule has 0 amide bonds. The lowest BCUT2D eigenvalue weighted by atomic mass is 10.2. The number of rotatable bonds is 2. The molecule has 1 fully saturated rings. The molecule has 2 heterocycles. The summed E-state index contributed by atoms with van der Waals surface area (Å²) in [6.07, 6.45) is -1.69. The molecule has 7 heteroatoms. The van der Waals surface area contributed by atoms with Gasteiger partial charge in [0.25, 0.3) is 0 Å². The lowest BCUT2D eigenvalue weighted by Gasteiger charge is -2.25. The highest BCUT2D eigenvalue weighted by atomic mass is 35.5. The molecule has 18 heavy (non-hydrogen) atoms. The first-order chi connectivity index (χ1) is 8.41. The van der Waals surface area contributed by atoms with Gasteiger partial charge in [-0.3, -0.25) is 0 Å². The minimum Gasteiger partial charge on any atom is -0.353 e. The fourth-order valence-corrected chi connectivity index (χ4v) is 2.44. The second-order valence-corrected chi connectivity index (χ2v) is 4.61. The van der Waals surface area contributed by atoms with Crippen LogP contribution in [0.15, 0.2) is 6.07 Å². The van der Waals surface area contributed by atoms with Crippen molar-refractivity contribution in [2.45, 2.75) is 38.4 Å². The lowest BCUT2D eigenvalue weighted by Crippen LogP contribution is -2.29. The summed E-state index contributed by atoms with van der Waals surface area (Å²) in [5.74, 6) is 0.270. The molecule has 0 spiro atoms. The summed E-state index contributed by atoms with van der Waals surface area (Å²) in [5.41, 5.74) is -0.987. The molecule has 1 aliphatic heterocycles. The van der Waals surface area contributed by atoms with Gasteiger partial charge in [-0.15, -0.1) is 0 Å². The van der Waals surface area contributed by atoms with Gasteiger partial charge in [0.1, 0.15) is 5.82 Å². The molecule has 3 nitrogen and oxygen atoms in total. The largest absolute Gasteiger partial charge is 0.433 e. The van der Waals surface area contributed by atoms with Gasteiger partial charge >= 0.3 is 6.18 Å². The fourth-order valence-electron chi connectivity index (χ4n) is 2.26. The van der Waals surface area contributed by atoms with Crippen LogP contribution in [0.1, 0.15) is 31.9 Å². The highest BCUT2D eigenvalue weighted by molar-refractivity contribution is 6.28. The number of anilines is 1. The Kier molecular flexibility index (Phi) is 3.66. The van der Waals surface area contributed by atoms with E-state index in [1.807, 2.05) is 11.8 Å². The third-order valence-corrected chi connectivity index (χ3v) is 3.29. The van der Waals surface area contributed by atoms with Crippen LogP contribution in [0.4, 0.5) is 19.0 Å². The fraction of sp³-hybridized carbons (Fsp3) is 0.636. The number of aromatic nitrogens is 2. The Morgan fingerprint density at radius 2 is 2.17 bits per heavy atom. The summed E-state index contributed by atoms with van der Waals surface area (Å²) in [5, 5.41) is -0.360. The molecule has 0 bridgehead atoms. The maximum atomic E-state index is 12.6. The van der Waals surface area contributed by atoms with E-state index in [1.54, 1.807) is 0 Å². The van der Waals surface area contributed by atoms with Gasteiger partial charge in [0.2, 0.25) is 5.28 Å². The summed E-state index contributed by atoms with van der Waals surface area (Å²) >= 11 is 5.58. The predicted octanol–water partition coefficient (Wildman–Crippen LogP) is 3.53. The molecule has 2 rings (SSSR count). The number of halogens is 4. The van der Waals surface area contributed by atoms with E-state index in [0.717, 1.165) is 25.3 Å². The highest BCUT2D eigenvalue weighted by Gasteiger charge is 2.35. The van der Waals surface area contributed by atoms with E-state index >= 15 is 0 Å². The van der Waals surface area contributed by atoms with Gasteiger partial charge < -0.3 is 4.90 Å². The summed E-state index contributed by atoms with van der Waals surface area (Å²) < 4.78 is 37.9. The summed E-state index contributed by atoms with van der Waals surface area (Å²) in [6, 6.07) is 1.21. The van der Waals surface area contributed by atoms with Crippen molar-refractivity contribution in [3.8, 4) is 0 Å². The Morgan fingerprint density at radius 3 is 2.78 bits per heavy atom. The van der Waals surface area contributed by atoms with Crippen LogP contribution in [0.25, 0.3) is 0 Å². The SMILES string of the molecule is CCC1CCCN1c1cc(C(F)(F)F)nc(Cl)n1. The van der Waals surface area contributed by atoms with Crippen LogP contribution in [-0.2, 0) is 6.18 Å². The van der Waals surface area contributed by atoms with Crippen molar-refractivity contribution in [1.29, 1.82) is 0 Å². The van der Waals surface area contributed by atoms with Gasteiger partial charge in [-0.1, -0.05) is 6.92 Å². The average Bonchev–Trinajstić information content (AvgIpc) is 2.74. The Morgan fingerprint density at radius 1 is 1.44 bits per heavy atom. The molecular weight excluding hydrogens is 267 g/mol. The number of hydrogen-bond acceptors (Lipinski definition) is 3. The maximum absolute atomic E-state index is 12.6. The molecule has 1 unspecified atom stereocenters. The zero-order chi connectivity index (χ0) is 13.3. The molecule has 1 aromatic rings. The van der Waals surface area contributed by atoms with E-state index in [0.29, 0.717) is 6.54 Å². The molecular formula is C11H13ClF3N3. The Balaban J connectivity index is 2.36. The molecule has 1 aromatic heterocycles. The van der Waals surface area contributed by atoms with E-state index in [-0.39, 0.29) is 17.1 Å². The molecule has 0 N–H and O–H groups in total. The quantitative estimate of drug-likeness (QED) is 0.776. The van der Waals surface area contributed by atoms with Gasteiger partial charge in [-0.2, -0.15) is 13.2 Å². The number of hydrogen-bond donors (Lipinski definition) is 0. The number of nitrogens with zero attached hydrogens (tertiary/aromatic N) is 3. The minimum atomic E-state index is -4.50. The smallest absolute Gasteiger partial charge is 0.353 e. The topological polar surface area (TPSA) is 29.0 Å². The highest BCUT2D eigenvalue weighted by Crippen LogP contribution is 2.33. The second-order valence-electron chi connectivity index (χ2n) is 4.28. The van der Waals surface area contributed by atoms with Crippen LogP contribution in [0, 0.1) is 0 Å². The molecule has 1 saturated heterocycles. The van der Waals surface area contributed by atoms with Crippen molar-refractivity contribution in [3.05, 3.63) is 17.0 Å².